The standard InChI is InChI=1S/C15H23N3O3S/c1-16-10-12-17(2)15(19)14-9-6-11-18(14)22(20,21)13-7-4-3-5-8-13/h3-5,7-8,14,16H,6,9-12H2,1-2H3. The molecule has 22 heavy (non-hydrogen) atoms. The lowest BCUT2D eigenvalue weighted by Crippen LogP contribution is -2.47. The van der Waals surface area contributed by atoms with E-state index in [0.29, 0.717) is 32.5 Å². The zero-order valence-corrected chi connectivity index (χ0v) is 13.8. The third-order valence-electron chi connectivity index (χ3n) is 3.91. The number of rotatable bonds is 6. The van der Waals surface area contributed by atoms with Gasteiger partial charge in [-0.2, -0.15) is 4.31 Å². The Bertz CT molecular complexity index is 604. The summed E-state index contributed by atoms with van der Waals surface area (Å²) in [6, 6.07) is 7.71. The van der Waals surface area contributed by atoms with Crippen LogP contribution in [-0.4, -0.2) is 63.3 Å². The molecule has 1 aliphatic rings. The smallest absolute Gasteiger partial charge is 0.243 e. The summed E-state index contributed by atoms with van der Waals surface area (Å²) in [7, 11) is -0.0836. The number of nitrogens with one attached hydrogen (secondary N) is 1. The Morgan fingerprint density at radius 2 is 2.05 bits per heavy atom. The monoisotopic (exact) mass is 325 g/mol. The largest absolute Gasteiger partial charge is 0.343 e. The molecule has 6 nitrogen and oxygen atoms in total. The Hall–Kier alpha value is -1.44. The molecule has 0 spiro atoms. The molecule has 0 radical (unpaired) electrons. The van der Waals surface area contributed by atoms with Crippen molar-refractivity contribution in [3.63, 3.8) is 0 Å². The maximum absolute atomic E-state index is 12.7. The Kier molecular flexibility index (Phi) is 5.55. The lowest BCUT2D eigenvalue weighted by molar-refractivity contribution is -0.133. The van der Waals surface area contributed by atoms with Gasteiger partial charge in [-0.1, -0.05) is 18.2 Å². The van der Waals surface area contributed by atoms with Crippen LogP contribution in [0.5, 0.6) is 0 Å². The van der Waals surface area contributed by atoms with E-state index in [9.17, 15) is 13.2 Å². The summed E-state index contributed by atoms with van der Waals surface area (Å²) in [6.07, 6.45) is 1.29. The van der Waals surface area contributed by atoms with E-state index in [2.05, 4.69) is 5.32 Å². The number of hydrogen-bond donors (Lipinski definition) is 1. The molecule has 1 unspecified atom stereocenters. The minimum absolute atomic E-state index is 0.132. The van der Waals surface area contributed by atoms with Crippen LogP contribution < -0.4 is 5.32 Å². The first-order chi connectivity index (χ1) is 10.5. The molecule has 1 fully saturated rings. The summed E-state index contributed by atoms with van der Waals surface area (Å²) in [6.45, 7) is 1.64. The first-order valence-corrected chi connectivity index (χ1v) is 8.89. The normalized spacial score (nSPS) is 19.3. The number of carbonyl (C=O) groups excluding carboxylic acids is 1. The number of amides is 1. The molecule has 1 aromatic carbocycles. The van der Waals surface area contributed by atoms with Gasteiger partial charge in [0.15, 0.2) is 0 Å². The van der Waals surface area contributed by atoms with Crippen molar-refractivity contribution in [3.8, 4) is 0 Å². The second-order valence-electron chi connectivity index (χ2n) is 5.45. The van der Waals surface area contributed by atoms with Gasteiger partial charge in [-0.25, -0.2) is 8.42 Å². The highest BCUT2D eigenvalue weighted by molar-refractivity contribution is 7.89. The van der Waals surface area contributed by atoms with Crippen molar-refractivity contribution in [3.05, 3.63) is 30.3 Å². The Labute approximate surface area is 132 Å². The van der Waals surface area contributed by atoms with Crippen LogP contribution in [0.1, 0.15) is 12.8 Å². The van der Waals surface area contributed by atoms with Crippen molar-refractivity contribution in [1.82, 2.24) is 14.5 Å². The Balaban J connectivity index is 2.19. The van der Waals surface area contributed by atoms with Gasteiger partial charge in [0.25, 0.3) is 0 Å². The van der Waals surface area contributed by atoms with Crippen molar-refractivity contribution in [1.29, 1.82) is 0 Å². The summed E-state index contributed by atoms with van der Waals surface area (Å²) < 4.78 is 26.8. The fourth-order valence-corrected chi connectivity index (χ4v) is 4.32. The summed E-state index contributed by atoms with van der Waals surface area (Å²) in [5.74, 6) is -0.132. The van der Waals surface area contributed by atoms with Crippen LogP contribution in [0, 0.1) is 0 Å². The molecule has 1 N–H and O–H groups in total. The lowest BCUT2D eigenvalue weighted by atomic mass is 10.2. The Morgan fingerprint density at radius 3 is 2.68 bits per heavy atom. The molecule has 1 saturated heterocycles. The predicted octanol–water partition coefficient (Wildman–Crippen LogP) is 0.518. The van der Waals surface area contributed by atoms with Crippen LogP contribution in [-0.2, 0) is 14.8 Å². The van der Waals surface area contributed by atoms with Crippen molar-refractivity contribution >= 4 is 15.9 Å². The molecule has 1 atom stereocenters. The van der Waals surface area contributed by atoms with E-state index in [1.54, 1.807) is 42.3 Å². The third kappa shape index (κ3) is 3.48. The van der Waals surface area contributed by atoms with Crippen molar-refractivity contribution < 1.29 is 13.2 Å². The quantitative estimate of drug-likeness (QED) is 0.828. The molecule has 0 bridgehead atoms. The summed E-state index contributed by atoms with van der Waals surface area (Å²) in [5.41, 5.74) is 0. The van der Waals surface area contributed by atoms with E-state index in [0.717, 1.165) is 0 Å². The molecule has 1 aromatic rings. The average Bonchev–Trinajstić information content (AvgIpc) is 3.03. The van der Waals surface area contributed by atoms with Gasteiger partial charge in [0.2, 0.25) is 15.9 Å². The van der Waals surface area contributed by atoms with Crippen LogP contribution in [0.2, 0.25) is 0 Å². The van der Waals surface area contributed by atoms with Crippen LogP contribution >= 0.6 is 0 Å². The van der Waals surface area contributed by atoms with Crippen LogP contribution in [0.15, 0.2) is 35.2 Å². The van der Waals surface area contributed by atoms with Gasteiger partial charge in [0, 0.05) is 26.7 Å². The lowest BCUT2D eigenvalue weighted by Gasteiger charge is -2.27. The zero-order chi connectivity index (χ0) is 16.2. The van der Waals surface area contributed by atoms with Gasteiger partial charge < -0.3 is 10.2 Å². The molecule has 1 heterocycles. The third-order valence-corrected chi connectivity index (χ3v) is 5.83. The van der Waals surface area contributed by atoms with Crippen LogP contribution in [0.3, 0.4) is 0 Å². The molecule has 7 heteroatoms. The number of sulfonamides is 1. The fraction of sp³-hybridized carbons (Fsp3) is 0.533. The molecule has 0 saturated carbocycles. The molecule has 0 aliphatic carbocycles. The molecule has 1 amide bonds. The zero-order valence-electron chi connectivity index (χ0n) is 13.0. The minimum atomic E-state index is -3.62. The number of likely N-dealkylation sites (N-methyl/N-ethyl adjacent to an activating group) is 2. The SMILES string of the molecule is CNCCN(C)C(=O)C1CCCN1S(=O)(=O)c1ccccc1. The Morgan fingerprint density at radius 1 is 1.36 bits per heavy atom. The van der Waals surface area contributed by atoms with Gasteiger partial charge in [-0.3, -0.25) is 4.79 Å². The summed E-state index contributed by atoms with van der Waals surface area (Å²) in [5, 5.41) is 2.99. The molecule has 1 aliphatic heterocycles. The van der Waals surface area contributed by atoms with Gasteiger partial charge in [-0.15, -0.1) is 0 Å². The molecule has 122 valence electrons. The van der Waals surface area contributed by atoms with Gasteiger partial charge in [0.1, 0.15) is 6.04 Å². The van der Waals surface area contributed by atoms with Crippen molar-refractivity contribution in [2.24, 2.45) is 0 Å². The maximum atomic E-state index is 12.7. The predicted molar refractivity (Wildman–Crippen MR) is 84.9 cm³/mol. The second-order valence-corrected chi connectivity index (χ2v) is 7.34. The van der Waals surface area contributed by atoms with Crippen molar-refractivity contribution in [2.75, 3.05) is 33.7 Å². The molecule has 0 aromatic heterocycles. The van der Waals surface area contributed by atoms with Crippen molar-refractivity contribution in [2.45, 2.75) is 23.8 Å². The molecular formula is C15H23N3O3S. The minimum Gasteiger partial charge on any atom is -0.343 e. The number of carbonyl (C=O) groups is 1. The van der Waals surface area contributed by atoms with Crippen LogP contribution in [0.4, 0.5) is 0 Å². The summed E-state index contributed by atoms with van der Waals surface area (Å²) >= 11 is 0. The number of benzene rings is 1. The molecular weight excluding hydrogens is 302 g/mol. The molecule has 2 rings (SSSR count). The van der Waals surface area contributed by atoms with E-state index in [1.165, 1.54) is 4.31 Å². The number of hydrogen-bond acceptors (Lipinski definition) is 4. The summed E-state index contributed by atoms with van der Waals surface area (Å²) in [4.78, 5) is 14.4. The van der Waals surface area contributed by atoms with E-state index in [1.807, 2.05) is 7.05 Å². The highest BCUT2D eigenvalue weighted by Crippen LogP contribution is 2.26. The van der Waals surface area contributed by atoms with Crippen LogP contribution in [0.25, 0.3) is 0 Å². The average molecular weight is 325 g/mol. The van der Waals surface area contributed by atoms with E-state index >= 15 is 0 Å². The van der Waals surface area contributed by atoms with E-state index < -0.39 is 16.1 Å². The van der Waals surface area contributed by atoms with Gasteiger partial charge in [-0.05, 0) is 32.0 Å². The van der Waals surface area contributed by atoms with Gasteiger partial charge in [0.05, 0.1) is 4.90 Å². The maximum Gasteiger partial charge on any atom is 0.243 e. The fourth-order valence-electron chi connectivity index (χ4n) is 2.65. The van der Waals surface area contributed by atoms with E-state index in [4.69, 9.17) is 0 Å². The van der Waals surface area contributed by atoms with Gasteiger partial charge >= 0.3 is 0 Å². The first kappa shape index (κ1) is 16.9. The highest BCUT2D eigenvalue weighted by atomic mass is 32.2. The van der Waals surface area contributed by atoms with E-state index in [-0.39, 0.29) is 10.8 Å². The topological polar surface area (TPSA) is 69.7 Å². The first-order valence-electron chi connectivity index (χ1n) is 7.45. The number of nitrogens with zero attached hydrogens (tertiary/aromatic N) is 2. The second kappa shape index (κ2) is 7.21. The highest BCUT2D eigenvalue weighted by Gasteiger charge is 2.40.